The lowest BCUT2D eigenvalue weighted by molar-refractivity contribution is 0.0988. The molecule has 0 amide bonds. The molecule has 4 nitrogen and oxygen atoms in total. The van der Waals surface area contributed by atoms with Gasteiger partial charge in [0.15, 0.2) is 0 Å². The summed E-state index contributed by atoms with van der Waals surface area (Å²) >= 11 is 0. The van der Waals surface area contributed by atoms with Gasteiger partial charge in [0, 0.05) is 56.1 Å². The van der Waals surface area contributed by atoms with E-state index in [2.05, 4.69) is 60.8 Å². The Balaban J connectivity index is 0.000000143. The Morgan fingerprint density at radius 2 is 1.59 bits per heavy atom. The summed E-state index contributed by atoms with van der Waals surface area (Å²) in [6.45, 7) is 4.92. The van der Waals surface area contributed by atoms with Crippen molar-refractivity contribution in [3.8, 4) is 0 Å². The molecule has 4 aromatic rings. The van der Waals surface area contributed by atoms with Crippen molar-refractivity contribution < 1.29 is 9.50 Å². The number of hydrogen-bond acceptors (Lipinski definition) is 4. The zero-order valence-electron chi connectivity index (χ0n) is 22.3. The second-order valence-corrected chi connectivity index (χ2v) is 12.0. The summed E-state index contributed by atoms with van der Waals surface area (Å²) in [4.78, 5) is 6.72. The van der Waals surface area contributed by atoms with Crippen molar-refractivity contribution >= 4 is 20.1 Å². The third-order valence-electron chi connectivity index (χ3n) is 8.50. The van der Waals surface area contributed by atoms with Gasteiger partial charge >= 0.3 is 0 Å². The summed E-state index contributed by atoms with van der Waals surface area (Å²) in [5.41, 5.74) is 7.25. The Labute approximate surface area is 232 Å². The van der Waals surface area contributed by atoms with Crippen molar-refractivity contribution in [2.45, 2.75) is 42.6 Å². The molecular formula is C33H37FN3OP. The lowest BCUT2D eigenvalue weighted by Gasteiger charge is -2.29. The summed E-state index contributed by atoms with van der Waals surface area (Å²) in [5, 5.41) is 13.6. The molecule has 0 bridgehead atoms. The van der Waals surface area contributed by atoms with E-state index in [1.54, 1.807) is 0 Å². The maximum absolute atomic E-state index is 14.7. The van der Waals surface area contributed by atoms with Crippen LogP contribution in [-0.4, -0.2) is 59.2 Å². The Hall–Kier alpha value is -2.69. The van der Waals surface area contributed by atoms with Gasteiger partial charge in [0.05, 0.1) is 11.6 Å². The molecule has 3 aromatic carbocycles. The summed E-state index contributed by atoms with van der Waals surface area (Å²) in [5.74, 6) is 0.0321. The van der Waals surface area contributed by atoms with Crippen molar-refractivity contribution in [3.05, 3.63) is 113 Å². The number of benzene rings is 3. The summed E-state index contributed by atoms with van der Waals surface area (Å²) in [7, 11) is 2.43. The topological polar surface area (TPSA) is 48.4 Å². The molecule has 7 rings (SSSR count). The number of piperazine rings is 1. The number of pyridine rings is 1. The van der Waals surface area contributed by atoms with Gasteiger partial charge in [0.2, 0.25) is 0 Å². The molecule has 2 aliphatic carbocycles. The lowest BCUT2D eigenvalue weighted by Crippen LogP contribution is -2.46. The second-order valence-electron chi connectivity index (χ2n) is 11.1. The number of rotatable bonds is 5. The molecule has 2 heterocycles. The van der Waals surface area contributed by atoms with Gasteiger partial charge in [0.1, 0.15) is 5.41 Å². The third kappa shape index (κ3) is 5.64. The fourth-order valence-electron chi connectivity index (χ4n) is 6.41. The van der Waals surface area contributed by atoms with Gasteiger partial charge in [-0.1, -0.05) is 76.0 Å². The van der Waals surface area contributed by atoms with Gasteiger partial charge < -0.3 is 10.4 Å². The molecule has 1 saturated heterocycles. The van der Waals surface area contributed by atoms with E-state index in [4.69, 9.17) is 0 Å². The van der Waals surface area contributed by atoms with E-state index in [9.17, 15) is 9.50 Å². The summed E-state index contributed by atoms with van der Waals surface area (Å²) < 4.78 is 14.7. The first kappa shape index (κ1) is 26.5. The van der Waals surface area contributed by atoms with E-state index in [0.29, 0.717) is 0 Å². The van der Waals surface area contributed by atoms with Gasteiger partial charge in [-0.25, -0.2) is 4.39 Å². The quantitative estimate of drug-likeness (QED) is 0.330. The number of hydrogen-bond donors (Lipinski definition) is 2. The highest BCUT2D eigenvalue weighted by atomic mass is 31.0. The minimum Gasteiger partial charge on any atom is -0.392 e. The maximum Gasteiger partial charge on any atom is 0.138 e. The van der Waals surface area contributed by atoms with E-state index < -0.39 is 5.41 Å². The van der Waals surface area contributed by atoms with Crippen molar-refractivity contribution in [3.63, 3.8) is 0 Å². The summed E-state index contributed by atoms with van der Waals surface area (Å²) in [6, 6.07) is 26.9. The number of aromatic nitrogens is 1. The number of nitrogens with one attached hydrogen (secondary N) is 1. The Kier molecular flexibility index (Phi) is 7.77. The number of halogens is 1. The number of β-amino-alcohol motifs (C(OH)–C–C–N with tert-alkyl or cyclic N) is 1. The molecule has 2 fully saturated rings. The SMILES string of the molecule is FC1(P)C2c3ccccc3Cc3ccccc3C21.OC(CCc1cccc2ncccc12)CN1CCNCC1. The molecule has 4 unspecified atom stereocenters. The molecule has 202 valence electrons. The molecule has 0 radical (unpaired) electrons. The van der Waals surface area contributed by atoms with Gasteiger partial charge in [-0.05, 0) is 59.2 Å². The van der Waals surface area contributed by atoms with Gasteiger partial charge in [-0.2, -0.15) is 0 Å². The standard InChI is InChI=1S/C17H23N3O.C16H14FP/c21-15(13-20-11-9-18-10-12-20)7-6-14-3-1-5-17-16(14)4-2-8-19-17;17-16(18)14-12-7-3-1-5-10(12)9-11-6-2-4-8-13(11)15(14)16/h1-5,8,15,18,21H,6-7,9-13H2;1-8,14-15H,9,18H2. The zero-order valence-corrected chi connectivity index (χ0v) is 23.4. The van der Waals surface area contributed by atoms with E-state index in [0.717, 1.165) is 57.5 Å². The van der Waals surface area contributed by atoms with Crippen LogP contribution in [0.4, 0.5) is 4.39 Å². The van der Waals surface area contributed by atoms with E-state index in [1.165, 1.54) is 33.2 Å². The minimum absolute atomic E-state index is 0.0161. The van der Waals surface area contributed by atoms with Crippen LogP contribution in [0.15, 0.2) is 85.1 Å². The predicted octanol–water partition coefficient (Wildman–Crippen LogP) is 5.45. The fraction of sp³-hybridized carbons (Fsp3) is 0.364. The Morgan fingerprint density at radius 1 is 0.923 bits per heavy atom. The van der Waals surface area contributed by atoms with Crippen LogP contribution in [0.25, 0.3) is 10.9 Å². The number of fused-ring (bicyclic) bond motifs is 6. The first-order chi connectivity index (χ1) is 19.0. The normalized spacial score (nSPS) is 24.4. The largest absolute Gasteiger partial charge is 0.392 e. The van der Waals surface area contributed by atoms with E-state index in [-0.39, 0.29) is 17.9 Å². The van der Waals surface area contributed by atoms with E-state index >= 15 is 0 Å². The average Bonchev–Trinajstić information content (AvgIpc) is 3.58. The highest BCUT2D eigenvalue weighted by Gasteiger charge is 2.65. The van der Waals surface area contributed by atoms with E-state index in [1.807, 2.05) is 48.7 Å². The van der Waals surface area contributed by atoms with Gasteiger partial charge in [-0.3, -0.25) is 9.88 Å². The predicted molar refractivity (Wildman–Crippen MR) is 160 cm³/mol. The van der Waals surface area contributed by atoms with Crippen LogP contribution in [0.3, 0.4) is 0 Å². The Bertz CT molecular complexity index is 1380. The fourth-order valence-corrected chi connectivity index (χ4v) is 7.05. The molecule has 1 aromatic heterocycles. The van der Waals surface area contributed by atoms with Crippen molar-refractivity contribution in [2.24, 2.45) is 0 Å². The first-order valence-electron chi connectivity index (χ1n) is 14.1. The van der Waals surface area contributed by atoms with Crippen LogP contribution in [0.1, 0.15) is 46.1 Å². The second kappa shape index (κ2) is 11.4. The zero-order chi connectivity index (χ0) is 26.8. The maximum atomic E-state index is 14.7. The highest BCUT2D eigenvalue weighted by Crippen LogP contribution is 2.71. The molecule has 39 heavy (non-hydrogen) atoms. The molecule has 0 spiro atoms. The number of alkyl halides is 1. The number of aliphatic hydroxyl groups is 1. The number of aliphatic hydroxyl groups excluding tert-OH is 1. The van der Waals surface area contributed by atoms with Crippen molar-refractivity contribution in [1.29, 1.82) is 0 Å². The molecule has 3 aliphatic rings. The van der Waals surface area contributed by atoms with Crippen molar-refractivity contribution in [1.82, 2.24) is 15.2 Å². The molecule has 1 aliphatic heterocycles. The molecule has 4 atom stereocenters. The first-order valence-corrected chi connectivity index (χ1v) is 14.7. The van der Waals surface area contributed by atoms with Crippen LogP contribution in [0.2, 0.25) is 0 Å². The van der Waals surface area contributed by atoms with Crippen LogP contribution in [0.5, 0.6) is 0 Å². The minimum atomic E-state index is -1.16. The average molecular weight is 542 g/mol. The van der Waals surface area contributed by atoms with Crippen molar-refractivity contribution in [2.75, 3.05) is 32.7 Å². The Morgan fingerprint density at radius 3 is 2.28 bits per heavy atom. The summed E-state index contributed by atoms with van der Waals surface area (Å²) in [6.07, 6.45) is 4.20. The number of nitrogens with zero attached hydrogens (tertiary/aromatic N) is 2. The molecular weight excluding hydrogens is 504 g/mol. The van der Waals surface area contributed by atoms with Crippen LogP contribution >= 0.6 is 9.24 Å². The highest BCUT2D eigenvalue weighted by molar-refractivity contribution is 7.19. The third-order valence-corrected chi connectivity index (χ3v) is 9.22. The lowest BCUT2D eigenvalue weighted by atomic mass is 9.97. The molecule has 2 N–H and O–H groups in total. The monoisotopic (exact) mass is 541 g/mol. The van der Waals surface area contributed by atoms with Gasteiger partial charge in [-0.15, -0.1) is 0 Å². The van der Waals surface area contributed by atoms with Crippen LogP contribution < -0.4 is 5.32 Å². The molecule has 6 heteroatoms. The van der Waals surface area contributed by atoms with Gasteiger partial charge in [0.25, 0.3) is 0 Å². The van der Waals surface area contributed by atoms with Crippen LogP contribution in [-0.2, 0) is 12.8 Å². The number of aryl methyl sites for hydroxylation is 1. The molecule has 1 saturated carbocycles. The smallest absolute Gasteiger partial charge is 0.138 e. The van der Waals surface area contributed by atoms with Crippen LogP contribution in [0, 0.1) is 0 Å².